The standard InChI is InChI=1S/C13H21N3O2S/c1-3-10-15-12(19-16-10)14-9-13(7-5-6-8-13)11(17)18-4-2/h3-9H2,1-2H3,(H,14,15,16). The molecule has 0 radical (unpaired) electrons. The van der Waals surface area contributed by atoms with Gasteiger partial charge in [-0.2, -0.15) is 4.37 Å². The summed E-state index contributed by atoms with van der Waals surface area (Å²) < 4.78 is 9.47. The third-order valence-electron chi connectivity index (χ3n) is 3.63. The fourth-order valence-electron chi connectivity index (χ4n) is 2.50. The summed E-state index contributed by atoms with van der Waals surface area (Å²) >= 11 is 1.36. The van der Waals surface area contributed by atoms with E-state index < -0.39 is 0 Å². The molecule has 0 amide bonds. The molecule has 1 N–H and O–H groups in total. The van der Waals surface area contributed by atoms with E-state index in [1.165, 1.54) is 11.5 Å². The van der Waals surface area contributed by atoms with Crippen molar-refractivity contribution in [1.82, 2.24) is 9.36 Å². The number of aromatic nitrogens is 2. The summed E-state index contributed by atoms with van der Waals surface area (Å²) in [7, 11) is 0. The van der Waals surface area contributed by atoms with Gasteiger partial charge in [0.1, 0.15) is 5.82 Å². The smallest absolute Gasteiger partial charge is 0.313 e. The van der Waals surface area contributed by atoms with Gasteiger partial charge in [0.2, 0.25) is 5.13 Å². The topological polar surface area (TPSA) is 64.1 Å². The van der Waals surface area contributed by atoms with E-state index in [0.29, 0.717) is 13.2 Å². The monoisotopic (exact) mass is 283 g/mol. The molecule has 1 aromatic rings. The predicted molar refractivity (Wildman–Crippen MR) is 75.3 cm³/mol. The first-order valence-corrected chi connectivity index (χ1v) is 7.71. The SMILES string of the molecule is CCOC(=O)C1(CNc2nc(CC)ns2)CCCC1. The predicted octanol–water partition coefficient (Wildman–Crippen LogP) is 2.64. The van der Waals surface area contributed by atoms with Crippen LogP contribution >= 0.6 is 11.5 Å². The first kappa shape index (κ1) is 14.2. The molecule has 19 heavy (non-hydrogen) atoms. The van der Waals surface area contributed by atoms with Crippen molar-refractivity contribution >= 4 is 22.6 Å². The molecule has 1 fully saturated rings. The van der Waals surface area contributed by atoms with Gasteiger partial charge in [-0.05, 0) is 19.8 Å². The third-order valence-corrected chi connectivity index (χ3v) is 4.34. The molecule has 0 aromatic carbocycles. The molecule has 106 valence electrons. The summed E-state index contributed by atoms with van der Waals surface area (Å²) in [5, 5.41) is 4.06. The van der Waals surface area contributed by atoms with E-state index >= 15 is 0 Å². The van der Waals surface area contributed by atoms with Crippen LogP contribution in [0.2, 0.25) is 0 Å². The van der Waals surface area contributed by atoms with Gasteiger partial charge in [-0.1, -0.05) is 19.8 Å². The highest BCUT2D eigenvalue weighted by Gasteiger charge is 2.42. The van der Waals surface area contributed by atoms with Gasteiger partial charge < -0.3 is 10.1 Å². The molecular weight excluding hydrogens is 262 g/mol. The minimum Gasteiger partial charge on any atom is -0.466 e. The molecular formula is C13H21N3O2S. The largest absolute Gasteiger partial charge is 0.466 e. The van der Waals surface area contributed by atoms with Gasteiger partial charge in [-0.3, -0.25) is 4.79 Å². The van der Waals surface area contributed by atoms with Crippen molar-refractivity contribution < 1.29 is 9.53 Å². The van der Waals surface area contributed by atoms with Crippen LogP contribution in [0.5, 0.6) is 0 Å². The van der Waals surface area contributed by atoms with Crippen molar-refractivity contribution in [3.63, 3.8) is 0 Å². The Bertz CT molecular complexity index is 427. The lowest BCUT2D eigenvalue weighted by Crippen LogP contribution is -2.37. The van der Waals surface area contributed by atoms with Gasteiger partial charge in [0, 0.05) is 24.5 Å². The zero-order valence-electron chi connectivity index (χ0n) is 11.6. The Labute approximate surface area is 117 Å². The first-order chi connectivity index (χ1) is 9.20. The van der Waals surface area contributed by atoms with Crippen molar-refractivity contribution in [2.45, 2.75) is 46.0 Å². The number of nitrogens with zero attached hydrogens (tertiary/aromatic N) is 2. The zero-order valence-corrected chi connectivity index (χ0v) is 12.4. The molecule has 2 rings (SSSR count). The molecule has 0 saturated heterocycles. The summed E-state index contributed by atoms with van der Waals surface area (Å²) in [5.41, 5.74) is -0.367. The highest BCUT2D eigenvalue weighted by Crippen LogP contribution is 2.39. The number of anilines is 1. The van der Waals surface area contributed by atoms with Crippen LogP contribution in [0.15, 0.2) is 0 Å². The van der Waals surface area contributed by atoms with E-state index in [2.05, 4.69) is 14.7 Å². The Kier molecular flexibility index (Phi) is 4.74. The second-order valence-electron chi connectivity index (χ2n) is 4.93. The number of nitrogens with one attached hydrogen (secondary N) is 1. The van der Waals surface area contributed by atoms with Crippen LogP contribution in [0, 0.1) is 5.41 Å². The summed E-state index contributed by atoms with van der Waals surface area (Å²) in [6, 6.07) is 0. The maximum Gasteiger partial charge on any atom is 0.313 e. The quantitative estimate of drug-likeness (QED) is 0.813. The van der Waals surface area contributed by atoms with Crippen LogP contribution in [-0.4, -0.2) is 28.5 Å². The van der Waals surface area contributed by atoms with E-state index in [0.717, 1.165) is 43.1 Å². The number of carbonyl (C=O) groups excluding carboxylic acids is 1. The van der Waals surface area contributed by atoms with Gasteiger partial charge in [0.25, 0.3) is 0 Å². The normalized spacial score (nSPS) is 17.4. The number of hydrogen-bond acceptors (Lipinski definition) is 6. The molecule has 1 aliphatic rings. The van der Waals surface area contributed by atoms with E-state index in [9.17, 15) is 4.79 Å². The molecule has 0 atom stereocenters. The van der Waals surface area contributed by atoms with Crippen molar-refractivity contribution in [2.75, 3.05) is 18.5 Å². The maximum absolute atomic E-state index is 12.2. The summed E-state index contributed by atoms with van der Waals surface area (Å²) in [6.45, 7) is 4.93. The van der Waals surface area contributed by atoms with Crippen LogP contribution in [0.4, 0.5) is 5.13 Å². The van der Waals surface area contributed by atoms with Crippen LogP contribution in [0.3, 0.4) is 0 Å². The van der Waals surface area contributed by atoms with Crippen molar-refractivity contribution in [3.8, 4) is 0 Å². The van der Waals surface area contributed by atoms with Gasteiger partial charge in [-0.15, -0.1) is 0 Å². The third kappa shape index (κ3) is 3.23. The van der Waals surface area contributed by atoms with E-state index in [-0.39, 0.29) is 11.4 Å². The molecule has 0 unspecified atom stereocenters. The lowest BCUT2D eigenvalue weighted by atomic mass is 9.86. The second kappa shape index (κ2) is 6.32. The number of carbonyl (C=O) groups is 1. The fourth-order valence-corrected chi connectivity index (χ4v) is 3.15. The average Bonchev–Trinajstić information content (AvgIpc) is 3.06. The molecule has 0 aliphatic heterocycles. The fraction of sp³-hybridized carbons (Fsp3) is 0.769. The Balaban J connectivity index is 1.99. The summed E-state index contributed by atoms with van der Waals surface area (Å²) in [4.78, 5) is 16.5. The molecule has 1 aliphatic carbocycles. The zero-order chi connectivity index (χ0) is 13.7. The Hall–Kier alpha value is -1.17. The molecule has 0 bridgehead atoms. The van der Waals surface area contributed by atoms with E-state index in [4.69, 9.17) is 4.74 Å². The Morgan fingerprint density at radius 3 is 2.74 bits per heavy atom. The minimum absolute atomic E-state index is 0.0692. The number of hydrogen-bond donors (Lipinski definition) is 1. The van der Waals surface area contributed by atoms with Crippen LogP contribution < -0.4 is 5.32 Å². The summed E-state index contributed by atoms with van der Waals surface area (Å²) in [5.74, 6) is 0.782. The molecule has 1 heterocycles. The van der Waals surface area contributed by atoms with Gasteiger partial charge in [0.05, 0.1) is 12.0 Å². The van der Waals surface area contributed by atoms with Gasteiger partial charge in [0.15, 0.2) is 0 Å². The van der Waals surface area contributed by atoms with Crippen LogP contribution in [-0.2, 0) is 16.0 Å². The number of esters is 1. The van der Waals surface area contributed by atoms with Crippen LogP contribution in [0.1, 0.15) is 45.4 Å². The lowest BCUT2D eigenvalue weighted by molar-refractivity contribution is -0.154. The van der Waals surface area contributed by atoms with Crippen molar-refractivity contribution in [3.05, 3.63) is 5.82 Å². The molecule has 6 heteroatoms. The second-order valence-corrected chi connectivity index (χ2v) is 5.68. The molecule has 1 aromatic heterocycles. The molecule has 1 saturated carbocycles. The molecule has 5 nitrogen and oxygen atoms in total. The Morgan fingerprint density at radius 1 is 1.42 bits per heavy atom. The highest BCUT2D eigenvalue weighted by atomic mass is 32.1. The van der Waals surface area contributed by atoms with E-state index in [1.807, 2.05) is 13.8 Å². The molecule has 0 spiro atoms. The maximum atomic E-state index is 12.2. The van der Waals surface area contributed by atoms with E-state index in [1.54, 1.807) is 0 Å². The highest BCUT2D eigenvalue weighted by molar-refractivity contribution is 7.09. The number of rotatable bonds is 6. The van der Waals surface area contributed by atoms with Gasteiger partial charge in [-0.25, -0.2) is 4.98 Å². The minimum atomic E-state index is -0.367. The number of ether oxygens (including phenoxy) is 1. The lowest BCUT2D eigenvalue weighted by Gasteiger charge is -2.26. The van der Waals surface area contributed by atoms with Crippen molar-refractivity contribution in [2.24, 2.45) is 5.41 Å². The average molecular weight is 283 g/mol. The van der Waals surface area contributed by atoms with Gasteiger partial charge >= 0.3 is 5.97 Å². The Morgan fingerprint density at radius 2 is 2.16 bits per heavy atom. The first-order valence-electron chi connectivity index (χ1n) is 6.94. The van der Waals surface area contributed by atoms with Crippen molar-refractivity contribution in [1.29, 1.82) is 0 Å². The summed E-state index contributed by atoms with van der Waals surface area (Å²) in [6.07, 6.45) is 4.82. The van der Waals surface area contributed by atoms with Crippen LogP contribution in [0.25, 0.3) is 0 Å². The number of aryl methyl sites for hydroxylation is 1.